The third-order valence-electron chi connectivity index (χ3n) is 4.72. The van der Waals surface area contributed by atoms with Crippen LogP contribution in [-0.4, -0.2) is 86.0 Å². The molecule has 0 bridgehead atoms. The van der Waals surface area contributed by atoms with Crippen molar-refractivity contribution in [2.45, 2.75) is 52.6 Å². The lowest BCUT2D eigenvalue weighted by Crippen LogP contribution is -2.48. The maximum Gasteiger partial charge on any atom is 0.407 e. The molecule has 0 radical (unpaired) electrons. The minimum Gasteiger partial charge on any atom is -0.444 e. The maximum atomic E-state index is 12.7. The standard InChI is InChI=1S/C20H38N4O4/c1-5-17(18(26)24-13-9-21-10-14-24)7-12-23(15-16-25)11-6-8-22-19(27)28-20(2,3)4/h16-17,21H,5-15H2,1-4H3,(H,22,27). The number of hydrogen-bond acceptors (Lipinski definition) is 6. The molecule has 1 aliphatic heterocycles. The Balaban J connectivity index is 2.36. The minimum atomic E-state index is -0.514. The lowest BCUT2D eigenvalue weighted by atomic mass is 9.99. The number of amides is 2. The van der Waals surface area contributed by atoms with E-state index in [1.807, 2.05) is 37.5 Å². The fourth-order valence-corrected chi connectivity index (χ4v) is 3.19. The Morgan fingerprint density at radius 1 is 1.25 bits per heavy atom. The molecule has 1 unspecified atom stereocenters. The van der Waals surface area contributed by atoms with Gasteiger partial charge in [-0.3, -0.25) is 9.69 Å². The summed E-state index contributed by atoms with van der Waals surface area (Å²) in [6, 6.07) is 0. The molecule has 1 heterocycles. The molecular weight excluding hydrogens is 360 g/mol. The average Bonchev–Trinajstić information content (AvgIpc) is 2.64. The van der Waals surface area contributed by atoms with E-state index < -0.39 is 11.7 Å². The zero-order valence-corrected chi connectivity index (χ0v) is 18.0. The highest BCUT2D eigenvalue weighted by atomic mass is 16.6. The number of rotatable bonds is 11. The van der Waals surface area contributed by atoms with E-state index in [4.69, 9.17) is 4.74 Å². The number of alkyl carbamates (subject to hydrolysis) is 1. The van der Waals surface area contributed by atoms with Crippen molar-refractivity contribution in [2.75, 3.05) is 52.4 Å². The van der Waals surface area contributed by atoms with Crippen molar-refractivity contribution in [3.05, 3.63) is 0 Å². The van der Waals surface area contributed by atoms with E-state index in [1.165, 1.54) is 0 Å². The van der Waals surface area contributed by atoms with Gasteiger partial charge in [-0.15, -0.1) is 0 Å². The van der Waals surface area contributed by atoms with Crippen molar-refractivity contribution >= 4 is 18.3 Å². The van der Waals surface area contributed by atoms with E-state index in [-0.39, 0.29) is 11.8 Å². The summed E-state index contributed by atoms with van der Waals surface area (Å²) in [5, 5.41) is 5.99. The molecule has 1 rings (SSSR count). The van der Waals surface area contributed by atoms with Crippen LogP contribution in [0.2, 0.25) is 0 Å². The molecule has 0 saturated carbocycles. The molecule has 0 aliphatic carbocycles. The Labute approximate surface area is 169 Å². The van der Waals surface area contributed by atoms with Crippen LogP contribution in [0, 0.1) is 5.92 Å². The first-order valence-electron chi connectivity index (χ1n) is 10.4. The second-order valence-corrected chi connectivity index (χ2v) is 8.22. The predicted octanol–water partition coefficient (Wildman–Crippen LogP) is 1.25. The topological polar surface area (TPSA) is 91.0 Å². The van der Waals surface area contributed by atoms with Crippen LogP contribution >= 0.6 is 0 Å². The van der Waals surface area contributed by atoms with Crippen molar-refractivity contribution in [3.8, 4) is 0 Å². The Kier molecular flexibility index (Phi) is 11.1. The first-order valence-corrected chi connectivity index (χ1v) is 10.4. The van der Waals surface area contributed by atoms with Crippen LogP contribution < -0.4 is 10.6 Å². The molecule has 1 aliphatic rings. The van der Waals surface area contributed by atoms with Crippen LogP contribution in [0.3, 0.4) is 0 Å². The average molecular weight is 399 g/mol. The van der Waals surface area contributed by atoms with Crippen molar-refractivity contribution < 1.29 is 19.1 Å². The Morgan fingerprint density at radius 2 is 1.93 bits per heavy atom. The number of ether oxygens (including phenoxy) is 1. The van der Waals surface area contributed by atoms with Gasteiger partial charge < -0.3 is 25.1 Å². The van der Waals surface area contributed by atoms with Gasteiger partial charge in [-0.05, 0) is 46.6 Å². The number of carbonyl (C=O) groups excluding carboxylic acids is 3. The van der Waals surface area contributed by atoms with Gasteiger partial charge in [0, 0.05) is 45.2 Å². The molecule has 162 valence electrons. The fourth-order valence-electron chi connectivity index (χ4n) is 3.19. The molecule has 8 heteroatoms. The number of carbonyl (C=O) groups is 3. The summed E-state index contributed by atoms with van der Waals surface area (Å²) < 4.78 is 5.20. The van der Waals surface area contributed by atoms with E-state index in [9.17, 15) is 14.4 Å². The third-order valence-corrected chi connectivity index (χ3v) is 4.72. The van der Waals surface area contributed by atoms with Crippen LogP contribution in [0.1, 0.15) is 47.0 Å². The molecule has 2 amide bonds. The first kappa shape index (κ1) is 24.4. The fraction of sp³-hybridized carbons (Fsp3) is 0.850. The van der Waals surface area contributed by atoms with Gasteiger partial charge in [0.05, 0.1) is 6.54 Å². The van der Waals surface area contributed by atoms with Crippen molar-refractivity contribution in [1.29, 1.82) is 0 Å². The summed E-state index contributed by atoms with van der Waals surface area (Å²) in [4.78, 5) is 39.3. The molecular formula is C20H38N4O4. The third kappa shape index (κ3) is 10.0. The lowest BCUT2D eigenvalue weighted by Gasteiger charge is -2.31. The van der Waals surface area contributed by atoms with Crippen LogP contribution in [0.4, 0.5) is 4.79 Å². The highest BCUT2D eigenvalue weighted by Gasteiger charge is 2.24. The molecule has 28 heavy (non-hydrogen) atoms. The minimum absolute atomic E-state index is 0.00728. The monoisotopic (exact) mass is 398 g/mol. The van der Waals surface area contributed by atoms with E-state index in [0.717, 1.165) is 51.7 Å². The van der Waals surface area contributed by atoms with Gasteiger partial charge in [-0.2, -0.15) is 0 Å². The smallest absolute Gasteiger partial charge is 0.407 e. The van der Waals surface area contributed by atoms with Crippen molar-refractivity contribution in [1.82, 2.24) is 20.4 Å². The molecule has 0 aromatic heterocycles. The second-order valence-electron chi connectivity index (χ2n) is 8.22. The zero-order valence-electron chi connectivity index (χ0n) is 18.0. The molecule has 0 aromatic carbocycles. The highest BCUT2D eigenvalue weighted by molar-refractivity contribution is 5.79. The van der Waals surface area contributed by atoms with Gasteiger partial charge in [0.25, 0.3) is 0 Å². The maximum absolute atomic E-state index is 12.7. The van der Waals surface area contributed by atoms with Gasteiger partial charge in [0.2, 0.25) is 5.91 Å². The Morgan fingerprint density at radius 3 is 2.50 bits per heavy atom. The first-order chi connectivity index (χ1) is 13.3. The Hall–Kier alpha value is -1.67. The molecule has 1 fully saturated rings. The Bertz CT molecular complexity index is 487. The van der Waals surface area contributed by atoms with Gasteiger partial charge >= 0.3 is 6.09 Å². The molecule has 1 atom stereocenters. The molecule has 2 N–H and O–H groups in total. The predicted molar refractivity (Wildman–Crippen MR) is 109 cm³/mol. The number of nitrogens with zero attached hydrogens (tertiary/aromatic N) is 2. The molecule has 8 nitrogen and oxygen atoms in total. The quantitative estimate of drug-likeness (QED) is 0.402. The van der Waals surface area contributed by atoms with Crippen LogP contribution in [0.25, 0.3) is 0 Å². The second kappa shape index (κ2) is 12.7. The zero-order chi connectivity index (χ0) is 21.0. The van der Waals surface area contributed by atoms with E-state index in [1.54, 1.807) is 0 Å². The van der Waals surface area contributed by atoms with Gasteiger partial charge in [0.15, 0.2) is 0 Å². The van der Waals surface area contributed by atoms with E-state index >= 15 is 0 Å². The summed E-state index contributed by atoms with van der Waals surface area (Å²) in [5.41, 5.74) is -0.514. The van der Waals surface area contributed by atoms with Crippen LogP contribution in [0.15, 0.2) is 0 Å². The normalized spacial score (nSPS) is 16.0. The SMILES string of the molecule is CCC(CCN(CC=O)CCCNC(=O)OC(C)(C)C)C(=O)N1CCNCC1. The van der Waals surface area contributed by atoms with Gasteiger partial charge in [-0.25, -0.2) is 4.79 Å². The number of nitrogens with one attached hydrogen (secondary N) is 2. The largest absolute Gasteiger partial charge is 0.444 e. The summed E-state index contributed by atoms with van der Waals surface area (Å²) in [6.07, 6.45) is 2.72. The van der Waals surface area contributed by atoms with Crippen LogP contribution in [-0.2, 0) is 14.3 Å². The highest BCUT2D eigenvalue weighted by Crippen LogP contribution is 2.14. The number of piperazine rings is 1. The molecule has 0 aromatic rings. The molecule has 1 saturated heterocycles. The van der Waals surface area contributed by atoms with Gasteiger partial charge in [0.1, 0.15) is 11.9 Å². The number of aldehydes is 1. The summed E-state index contributed by atoms with van der Waals surface area (Å²) in [6.45, 7) is 13.0. The van der Waals surface area contributed by atoms with Crippen molar-refractivity contribution in [2.24, 2.45) is 5.92 Å². The van der Waals surface area contributed by atoms with Crippen LogP contribution in [0.5, 0.6) is 0 Å². The number of hydrogen-bond donors (Lipinski definition) is 2. The summed E-state index contributed by atoms with van der Waals surface area (Å²) in [7, 11) is 0. The van der Waals surface area contributed by atoms with E-state index in [0.29, 0.717) is 26.2 Å². The molecule has 0 spiro atoms. The van der Waals surface area contributed by atoms with E-state index in [2.05, 4.69) is 10.6 Å². The van der Waals surface area contributed by atoms with Crippen molar-refractivity contribution in [3.63, 3.8) is 0 Å². The summed E-state index contributed by atoms with van der Waals surface area (Å²) in [5.74, 6) is 0.216. The van der Waals surface area contributed by atoms with Gasteiger partial charge in [-0.1, -0.05) is 6.92 Å². The lowest BCUT2D eigenvalue weighted by molar-refractivity contribution is -0.136. The summed E-state index contributed by atoms with van der Waals surface area (Å²) >= 11 is 0.